The fraction of sp³-hybridized carbons (Fsp3) is 0.591. The first kappa shape index (κ1) is 22.7. The highest BCUT2D eigenvalue weighted by atomic mass is 16.6. The van der Waals surface area contributed by atoms with Crippen molar-refractivity contribution in [3.8, 4) is 0 Å². The molecule has 7 nitrogen and oxygen atoms in total. The van der Waals surface area contributed by atoms with Gasteiger partial charge in [0.2, 0.25) is 5.91 Å². The first-order valence-electron chi connectivity index (χ1n) is 9.95. The van der Waals surface area contributed by atoms with Crippen LogP contribution in [-0.2, 0) is 19.1 Å². The fourth-order valence-electron chi connectivity index (χ4n) is 3.55. The third-order valence-electron chi connectivity index (χ3n) is 5.05. The maximum absolute atomic E-state index is 13.2. The number of carbonyl (C=O) groups excluding carboxylic acids is 3. The van der Waals surface area contributed by atoms with Crippen LogP contribution in [-0.4, -0.2) is 48.2 Å². The van der Waals surface area contributed by atoms with Crippen LogP contribution in [0.25, 0.3) is 0 Å². The van der Waals surface area contributed by atoms with Crippen molar-refractivity contribution < 1.29 is 23.9 Å². The van der Waals surface area contributed by atoms with Crippen molar-refractivity contribution in [3.63, 3.8) is 0 Å². The molecule has 0 aromatic heterocycles. The summed E-state index contributed by atoms with van der Waals surface area (Å²) < 4.78 is 10.3. The van der Waals surface area contributed by atoms with Gasteiger partial charge >= 0.3 is 12.1 Å². The molecule has 1 fully saturated rings. The van der Waals surface area contributed by atoms with Gasteiger partial charge in [0.05, 0.1) is 7.11 Å². The quantitative estimate of drug-likeness (QED) is 0.771. The summed E-state index contributed by atoms with van der Waals surface area (Å²) in [6.45, 7) is 9.58. The Labute approximate surface area is 172 Å². The van der Waals surface area contributed by atoms with Gasteiger partial charge in [-0.15, -0.1) is 0 Å². The van der Waals surface area contributed by atoms with Crippen molar-refractivity contribution in [2.75, 3.05) is 19.0 Å². The van der Waals surface area contributed by atoms with Crippen LogP contribution in [0.1, 0.15) is 51.2 Å². The zero-order chi connectivity index (χ0) is 21.8. The fourth-order valence-corrected chi connectivity index (χ4v) is 3.55. The van der Waals surface area contributed by atoms with Crippen LogP contribution >= 0.6 is 0 Å². The number of hydrogen-bond donors (Lipinski definition) is 1. The maximum Gasteiger partial charge on any atom is 0.410 e. The second-order valence-electron chi connectivity index (χ2n) is 8.62. The monoisotopic (exact) mass is 404 g/mol. The van der Waals surface area contributed by atoms with E-state index in [-0.39, 0.29) is 24.2 Å². The van der Waals surface area contributed by atoms with Crippen LogP contribution in [0.5, 0.6) is 0 Å². The Kier molecular flexibility index (Phi) is 7.27. The van der Waals surface area contributed by atoms with Crippen molar-refractivity contribution in [1.29, 1.82) is 0 Å². The molecule has 2 amide bonds. The predicted molar refractivity (Wildman–Crippen MR) is 111 cm³/mol. The Balaban J connectivity index is 2.24. The van der Waals surface area contributed by atoms with Gasteiger partial charge in [0, 0.05) is 18.7 Å². The second-order valence-corrected chi connectivity index (χ2v) is 8.62. The summed E-state index contributed by atoms with van der Waals surface area (Å²) in [6.07, 6.45) is 0.703. The topological polar surface area (TPSA) is 84.9 Å². The molecule has 1 aromatic carbocycles. The van der Waals surface area contributed by atoms with Crippen LogP contribution in [0.2, 0.25) is 0 Å². The van der Waals surface area contributed by atoms with Crippen molar-refractivity contribution in [1.82, 2.24) is 4.90 Å². The Morgan fingerprint density at radius 2 is 1.79 bits per heavy atom. The van der Waals surface area contributed by atoms with E-state index in [1.54, 1.807) is 20.8 Å². The molecule has 29 heavy (non-hydrogen) atoms. The number of carbonyl (C=O) groups is 3. The number of amides is 2. The molecule has 1 aliphatic heterocycles. The molecule has 0 saturated carbocycles. The summed E-state index contributed by atoms with van der Waals surface area (Å²) in [5, 5.41) is 2.98. The number of methoxy groups -OCH3 is 1. The molecule has 1 N–H and O–H groups in total. The lowest BCUT2D eigenvalue weighted by Gasteiger charge is -2.39. The summed E-state index contributed by atoms with van der Waals surface area (Å²) >= 11 is 0. The molecule has 1 saturated heterocycles. The molecule has 2 atom stereocenters. The normalized spacial score (nSPS) is 19.4. The summed E-state index contributed by atoms with van der Waals surface area (Å²) in [5.74, 6) is -0.618. The Morgan fingerprint density at radius 3 is 2.34 bits per heavy atom. The van der Waals surface area contributed by atoms with Gasteiger partial charge in [0.1, 0.15) is 11.6 Å². The van der Waals surface area contributed by atoms with Crippen LogP contribution < -0.4 is 5.32 Å². The molecule has 0 radical (unpaired) electrons. The number of hydrogen-bond acceptors (Lipinski definition) is 5. The minimum Gasteiger partial charge on any atom is -0.469 e. The molecule has 7 heteroatoms. The van der Waals surface area contributed by atoms with Crippen LogP contribution in [0.4, 0.5) is 10.5 Å². The van der Waals surface area contributed by atoms with Gasteiger partial charge in [-0.05, 0) is 64.5 Å². The van der Waals surface area contributed by atoms with Gasteiger partial charge in [-0.2, -0.15) is 0 Å². The number of ether oxygens (including phenoxy) is 2. The van der Waals surface area contributed by atoms with E-state index in [9.17, 15) is 14.4 Å². The maximum atomic E-state index is 13.2. The van der Waals surface area contributed by atoms with Gasteiger partial charge < -0.3 is 14.8 Å². The number of esters is 1. The van der Waals surface area contributed by atoms with E-state index in [0.717, 1.165) is 16.8 Å². The number of anilines is 1. The average molecular weight is 405 g/mol. The molecular formula is C22H32N2O5. The van der Waals surface area contributed by atoms with E-state index in [0.29, 0.717) is 19.4 Å². The van der Waals surface area contributed by atoms with E-state index in [4.69, 9.17) is 9.47 Å². The van der Waals surface area contributed by atoms with Crippen molar-refractivity contribution in [2.24, 2.45) is 5.92 Å². The zero-order valence-electron chi connectivity index (χ0n) is 18.2. The predicted octanol–water partition coefficient (Wildman–Crippen LogP) is 3.82. The molecular weight excluding hydrogens is 372 g/mol. The lowest BCUT2D eigenvalue weighted by molar-refractivity contribution is -0.142. The van der Waals surface area contributed by atoms with Gasteiger partial charge in [-0.1, -0.05) is 18.2 Å². The molecule has 1 heterocycles. The second kappa shape index (κ2) is 9.29. The number of nitrogens with one attached hydrogen (secondary N) is 1. The third-order valence-corrected chi connectivity index (χ3v) is 5.05. The largest absolute Gasteiger partial charge is 0.469 e. The summed E-state index contributed by atoms with van der Waals surface area (Å²) in [7, 11) is 1.35. The van der Waals surface area contributed by atoms with Gasteiger partial charge in [0.15, 0.2) is 0 Å². The van der Waals surface area contributed by atoms with E-state index in [2.05, 4.69) is 5.32 Å². The SMILES string of the molecule is COC(=O)CC1CCN(C(=O)OC(C)(C)C)C(C(=O)Nc2c(C)cccc2C)C1. The zero-order valence-corrected chi connectivity index (χ0v) is 18.2. The summed E-state index contributed by atoms with van der Waals surface area (Å²) in [6, 6.07) is 5.07. The number of aryl methyl sites for hydroxylation is 2. The Morgan fingerprint density at radius 1 is 1.17 bits per heavy atom. The highest BCUT2D eigenvalue weighted by molar-refractivity contribution is 5.97. The standard InChI is InChI=1S/C22H32N2O5/c1-14-8-7-9-15(2)19(14)23-20(26)17-12-16(13-18(25)28-6)10-11-24(17)21(27)29-22(3,4)5/h7-9,16-17H,10-13H2,1-6H3,(H,23,26). The lowest BCUT2D eigenvalue weighted by atomic mass is 9.88. The van der Waals surface area contributed by atoms with Gasteiger partial charge in [-0.25, -0.2) is 4.79 Å². The van der Waals surface area contributed by atoms with Gasteiger partial charge in [-0.3, -0.25) is 14.5 Å². The lowest BCUT2D eigenvalue weighted by Crippen LogP contribution is -2.53. The number of rotatable bonds is 4. The molecule has 0 bridgehead atoms. The van der Waals surface area contributed by atoms with E-state index >= 15 is 0 Å². The Hall–Kier alpha value is -2.57. The number of piperidine rings is 1. The van der Waals surface area contributed by atoms with E-state index in [1.165, 1.54) is 12.0 Å². The summed E-state index contributed by atoms with van der Waals surface area (Å²) in [4.78, 5) is 39.1. The minimum atomic E-state index is -0.715. The minimum absolute atomic E-state index is 0.0325. The molecule has 0 aliphatic carbocycles. The molecule has 160 valence electrons. The van der Waals surface area contributed by atoms with Crippen molar-refractivity contribution in [2.45, 2.75) is 65.5 Å². The van der Waals surface area contributed by atoms with Crippen LogP contribution in [0, 0.1) is 19.8 Å². The molecule has 1 aromatic rings. The highest BCUT2D eigenvalue weighted by Crippen LogP contribution is 2.29. The number of benzene rings is 1. The molecule has 2 unspecified atom stereocenters. The molecule has 0 spiro atoms. The third kappa shape index (κ3) is 6.21. The Bertz CT molecular complexity index is 749. The van der Waals surface area contributed by atoms with E-state index in [1.807, 2.05) is 32.0 Å². The first-order valence-corrected chi connectivity index (χ1v) is 9.95. The molecule has 1 aliphatic rings. The first-order chi connectivity index (χ1) is 13.5. The molecule has 2 rings (SSSR count). The number of nitrogens with zero attached hydrogens (tertiary/aromatic N) is 1. The van der Waals surface area contributed by atoms with Crippen LogP contribution in [0.15, 0.2) is 18.2 Å². The van der Waals surface area contributed by atoms with Crippen molar-refractivity contribution >= 4 is 23.7 Å². The van der Waals surface area contributed by atoms with Crippen molar-refractivity contribution in [3.05, 3.63) is 29.3 Å². The van der Waals surface area contributed by atoms with Crippen LogP contribution in [0.3, 0.4) is 0 Å². The smallest absolute Gasteiger partial charge is 0.410 e. The highest BCUT2D eigenvalue weighted by Gasteiger charge is 2.39. The summed E-state index contributed by atoms with van der Waals surface area (Å²) in [5.41, 5.74) is 1.98. The number of likely N-dealkylation sites (tertiary alicyclic amines) is 1. The average Bonchev–Trinajstić information content (AvgIpc) is 2.63. The van der Waals surface area contributed by atoms with Gasteiger partial charge in [0.25, 0.3) is 0 Å². The van der Waals surface area contributed by atoms with E-state index < -0.39 is 17.7 Å². The number of para-hydroxylation sites is 1.